The van der Waals surface area contributed by atoms with Gasteiger partial charge in [-0.05, 0) is 72.5 Å². The molecule has 1 unspecified atom stereocenters. The standard InChI is InChI=1S/C19H34IN3O2S2Si/c1-11-14(20)17(23-18(21-11)27-6)22-13-9-12(16(26-5)15(13)24)10-25-28(7,8)19(2,3)4/h12-13,15-16,24H,9-10H2,1-8H3,(H,21,22,23)/t12?,13-,15+,16+/m1/s1. The molecule has 1 aliphatic carbocycles. The molecular weight excluding hydrogens is 521 g/mol. The quantitative estimate of drug-likeness (QED) is 0.212. The maximum atomic E-state index is 11.0. The minimum Gasteiger partial charge on any atom is -0.417 e. The molecule has 0 radical (unpaired) electrons. The van der Waals surface area contributed by atoms with Gasteiger partial charge in [-0.25, -0.2) is 9.97 Å². The van der Waals surface area contributed by atoms with Crippen molar-refractivity contribution in [2.45, 2.75) is 74.8 Å². The van der Waals surface area contributed by atoms with E-state index in [4.69, 9.17) is 4.43 Å². The number of rotatable bonds is 7. The zero-order valence-electron chi connectivity index (χ0n) is 18.2. The summed E-state index contributed by atoms with van der Waals surface area (Å²) >= 11 is 5.56. The average Bonchev–Trinajstić information content (AvgIpc) is 2.90. The van der Waals surface area contributed by atoms with Crippen LogP contribution in [0.25, 0.3) is 0 Å². The van der Waals surface area contributed by atoms with Gasteiger partial charge in [0.05, 0.1) is 21.4 Å². The summed E-state index contributed by atoms with van der Waals surface area (Å²) in [4.78, 5) is 9.13. The number of aliphatic hydroxyl groups excluding tert-OH is 1. The molecule has 1 aromatic heterocycles. The highest BCUT2D eigenvalue weighted by Gasteiger charge is 2.44. The van der Waals surface area contributed by atoms with Gasteiger partial charge in [0.25, 0.3) is 0 Å². The summed E-state index contributed by atoms with van der Waals surface area (Å²) in [7, 11) is -1.80. The van der Waals surface area contributed by atoms with E-state index in [2.05, 4.69) is 78.0 Å². The molecule has 0 amide bonds. The van der Waals surface area contributed by atoms with E-state index in [1.165, 1.54) is 11.8 Å². The Hall–Kier alpha value is 0.447. The van der Waals surface area contributed by atoms with Crippen LogP contribution in [-0.4, -0.2) is 59.9 Å². The lowest BCUT2D eigenvalue weighted by Crippen LogP contribution is -2.42. The van der Waals surface area contributed by atoms with Gasteiger partial charge in [0, 0.05) is 11.9 Å². The summed E-state index contributed by atoms with van der Waals surface area (Å²) in [6.45, 7) is 14.1. The van der Waals surface area contributed by atoms with Crippen molar-refractivity contribution in [2.24, 2.45) is 5.92 Å². The second-order valence-electron chi connectivity index (χ2n) is 8.97. The maximum Gasteiger partial charge on any atom is 0.191 e. The molecule has 9 heteroatoms. The number of aromatic nitrogens is 2. The lowest BCUT2D eigenvalue weighted by atomic mass is 10.1. The molecule has 0 aliphatic heterocycles. The van der Waals surface area contributed by atoms with Crippen LogP contribution in [0, 0.1) is 16.4 Å². The van der Waals surface area contributed by atoms with Crippen LogP contribution in [-0.2, 0) is 4.43 Å². The summed E-state index contributed by atoms with van der Waals surface area (Å²) in [6, 6.07) is -0.0250. The van der Waals surface area contributed by atoms with Crippen LogP contribution in [0.1, 0.15) is 32.9 Å². The molecule has 0 bridgehead atoms. The molecule has 28 heavy (non-hydrogen) atoms. The molecule has 2 N–H and O–H groups in total. The van der Waals surface area contributed by atoms with E-state index in [-0.39, 0.29) is 16.3 Å². The normalized spacial score (nSPS) is 25.9. The Labute approximate surface area is 193 Å². The molecule has 1 saturated carbocycles. The fraction of sp³-hybridized carbons (Fsp3) is 0.789. The van der Waals surface area contributed by atoms with Gasteiger partial charge >= 0.3 is 0 Å². The van der Waals surface area contributed by atoms with Crippen LogP contribution >= 0.6 is 46.1 Å². The van der Waals surface area contributed by atoms with Crippen LogP contribution < -0.4 is 5.32 Å². The Balaban J connectivity index is 2.13. The lowest BCUT2D eigenvalue weighted by molar-refractivity contribution is 0.164. The monoisotopic (exact) mass is 555 g/mol. The van der Waals surface area contributed by atoms with Crippen LogP contribution in [0.2, 0.25) is 18.1 Å². The Morgan fingerprint density at radius 3 is 2.46 bits per heavy atom. The molecule has 4 atom stereocenters. The van der Waals surface area contributed by atoms with Gasteiger partial charge in [0.2, 0.25) is 0 Å². The fourth-order valence-electron chi connectivity index (χ4n) is 3.17. The van der Waals surface area contributed by atoms with Crippen LogP contribution in [0.4, 0.5) is 5.82 Å². The number of thioether (sulfide) groups is 2. The van der Waals surface area contributed by atoms with Gasteiger partial charge in [-0.15, -0.1) is 0 Å². The number of aliphatic hydroxyl groups is 1. The van der Waals surface area contributed by atoms with Gasteiger partial charge in [0.15, 0.2) is 13.5 Å². The average molecular weight is 556 g/mol. The molecule has 1 aromatic rings. The van der Waals surface area contributed by atoms with Gasteiger partial charge in [-0.1, -0.05) is 32.5 Å². The van der Waals surface area contributed by atoms with E-state index < -0.39 is 14.4 Å². The Kier molecular flexibility index (Phi) is 8.58. The first-order chi connectivity index (χ1) is 12.9. The fourth-order valence-corrected chi connectivity index (χ4v) is 6.09. The highest BCUT2D eigenvalue weighted by Crippen LogP contribution is 2.40. The highest BCUT2D eigenvalue weighted by atomic mass is 127. The molecular formula is C19H34IN3O2S2Si. The van der Waals surface area contributed by atoms with E-state index in [1.54, 1.807) is 11.8 Å². The summed E-state index contributed by atoms with van der Waals surface area (Å²) in [6.07, 6.45) is 4.52. The van der Waals surface area contributed by atoms with Crippen molar-refractivity contribution < 1.29 is 9.53 Å². The zero-order chi connectivity index (χ0) is 21.3. The summed E-state index contributed by atoms with van der Waals surface area (Å²) in [5, 5.41) is 15.6. The van der Waals surface area contributed by atoms with Crippen molar-refractivity contribution in [3.05, 3.63) is 9.26 Å². The van der Waals surface area contributed by atoms with E-state index in [9.17, 15) is 5.11 Å². The van der Waals surface area contributed by atoms with Crippen LogP contribution in [0.5, 0.6) is 0 Å². The second-order valence-corrected chi connectivity index (χ2v) is 16.6. The molecule has 1 aliphatic rings. The van der Waals surface area contributed by atoms with Crippen molar-refractivity contribution in [2.75, 3.05) is 24.4 Å². The van der Waals surface area contributed by atoms with Gasteiger partial charge in [-0.3, -0.25) is 0 Å². The Bertz CT molecular complexity index is 688. The van der Waals surface area contributed by atoms with Gasteiger partial charge in [0.1, 0.15) is 5.82 Å². The number of hydrogen-bond acceptors (Lipinski definition) is 7. The number of aryl methyl sites for hydroxylation is 1. The molecule has 0 spiro atoms. The minimum absolute atomic E-state index is 0.0250. The largest absolute Gasteiger partial charge is 0.417 e. The molecule has 1 fully saturated rings. The highest BCUT2D eigenvalue weighted by molar-refractivity contribution is 14.1. The third-order valence-electron chi connectivity index (χ3n) is 6.01. The van der Waals surface area contributed by atoms with Crippen molar-refractivity contribution in [3.63, 3.8) is 0 Å². The van der Waals surface area contributed by atoms with Crippen molar-refractivity contribution in [1.82, 2.24) is 9.97 Å². The molecule has 0 saturated heterocycles. The third kappa shape index (κ3) is 5.57. The van der Waals surface area contributed by atoms with Crippen LogP contribution in [0.15, 0.2) is 5.16 Å². The Morgan fingerprint density at radius 2 is 1.93 bits per heavy atom. The molecule has 5 nitrogen and oxygen atoms in total. The summed E-state index contributed by atoms with van der Waals surface area (Å²) in [5.41, 5.74) is 0.967. The smallest absolute Gasteiger partial charge is 0.191 e. The van der Waals surface area contributed by atoms with Gasteiger partial charge < -0.3 is 14.8 Å². The number of halogens is 1. The van der Waals surface area contributed by atoms with Crippen LogP contribution in [0.3, 0.4) is 0 Å². The minimum atomic E-state index is -1.80. The van der Waals surface area contributed by atoms with E-state index in [0.717, 1.165) is 26.7 Å². The first kappa shape index (κ1) is 24.7. The summed E-state index contributed by atoms with van der Waals surface area (Å²) in [5.74, 6) is 1.16. The lowest BCUT2D eigenvalue weighted by Gasteiger charge is -2.37. The predicted molar refractivity (Wildman–Crippen MR) is 133 cm³/mol. The number of nitrogens with one attached hydrogen (secondary N) is 1. The SMILES string of the molecule is CSc1nc(C)c(I)c(N[C@@H]2CC(CO[Si](C)(C)C(C)(C)C)[C@H](SC)[C@H]2O)n1. The van der Waals surface area contributed by atoms with Crippen molar-refractivity contribution >= 4 is 60.2 Å². The molecule has 1 heterocycles. The predicted octanol–water partition coefficient (Wildman–Crippen LogP) is 5.03. The van der Waals surface area contributed by atoms with Crippen molar-refractivity contribution in [1.29, 1.82) is 0 Å². The van der Waals surface area contributed by atoms with E-state index in [0.29, 0.717) is 12.5 Å². The second kappa shape index (κ2) is 9.72. The zero-order valence-corrected chi connectivity index (χ0v) is 23.0. The maximum absolute atomic E-state index is 11.0. The molecule has 0 aromatic carbocycles. The molecule has 2 rings (SSSR count). The first-order valence-electron chi connectivity index (χ1n) is 9.60. The molecule has 160 valence electrons. The topological polar surface area (TPSA) is 67.3 Å². The van der Waals surface area contributed by atoms with E-state index in [1.807, 2.05) is 13.2 Å². The van der Waals surface area contributed by atoms with Crippen molar-refractivity contribution in [3.8, 4) is 0 Å². The van der Waals surface area contributed by atoms with Gasteiger partial charge in [-0.2, -0.15) is 11.8 Å². The van der Waals surface area contributed by atoms with E-state index >= 15 is 0 Å². The number of nitrogens with zero attached hydrogens (tertiary/aromatic N) is 2. The summed E-state index contributed by atoms with van der Waals surface area (Å²) < 4.78 is 7.51. The number of hydrogen-bond donors (Lipinski definition) is 2. The first-order valence-corrected chi connectivity index (χ1v) is 16.1. The number of anilines is 1. The Morgan fingerprint density at radius 1 is 1.29 bits per heavy atom. The third-order valence-corrected chi connectivity index (χ3v) is 13.6.